The zero-order chi connectivity index (χ0) is 16.9. The van der Waals surface area contributed by atoms with Crippen molar-refractivity contribution in [2.45, 2.75) is 26.3 Å². The number of rotatable bonds is 6. The van der Waals surface area contributed by atoms with Gasteiger partial charge in [0.2, 0.25) is 11.8 Å². The first-order valence-corrected chi connectivity index (χ1v) is 9.04. The molecule has 0 aliphatic carbocycles. The van der Waals surface area contributed by atoms with Crippen molar-refractivity contribution in [1.29, 1.82) is 0 Å². The molecule has 1 saturated heterocycles. The number of nitrogens with two attached hydrogens (primary N) is 1. The number of ether oxygens (including phenoxy) is 1. The van der Waals surface area contributed by atoms with Crippen LogP contribution in [0.4, 0.5) is 0 Å². The number of amides is 1. The van der Waals surface area contributed by atoms with Gasteiger partial charge < -0.3 is 10.1 Å². The maximum atomic E-state index is 12.2. The van der Waals surface area contributed by atoms with Crippen molar-refractivity contribution in [2.75, 3.05) is 19.7 Å². The predicted octanol–water partition coefficient (Wildman–Crippen LogP) is 0.0120. The summed E-state index contributed by atoms with van der Waals surface area (Å²) in [5, 5.41) is 7.95. The Morgan fingerprint density at radius 1 is 1.48 bits per heavy atom. The molecule has 0 atom stereocenters. The minimum absolute atomic E-state index is 0.0922. The molecule has 0 unspecified atom stereocenters. The van der Waals surface area contributed by atoms with E-state index >= 15 is 0 Å². The zero-order valence-electron chi connectivity index (χ0n) is 13.1. The third-order valence-electron chi connectivity index (χ3n) is 3.77. The normalized spacial score (nSPS) is 17.0. The van der Waals surface area contributed by atoms with Crippen LogP contribution >= 0.6 is 0 Å². The molecule has 8 nitrogen and oxygen atoms in total. The van der Waals surface area contributed by atoms with E-state index in [-0.39, 0.29) is 24.9 Å². The molecule has 23 heavy (non-hydrogen) atoms. The Kier molecular flexibility index (Phi) is 5.91. The van der Waals surface area contributed by atoms with Crippen molar-refractivity contribution in [2.24, 2.45) is 11.1 Å². The van der Waals surface area contributed by atoms with E-state index in [1.165, 1.54) is 4.31 Å². The molecule has 1 fully saturated rings. The lowest BCUT2D eigenvalue weighted by Crippen LogP contribution is -2.45. The highest BCUT2D eigenvalue weighted by molar-refractivity contribution is 7.86. The van der Waals surface area contributed by atoms with Crippen LogP contribution in [0.15, 0.2) is 18.3 Å². The van der Waals surface area contributed by atoms with Crippen molar-refractivity contribution in [3.8, 4) is 5.88 Å². The maximum Gasteiger partial charge on any atom is 0.276 e. The van der Waals surface area contributed by atoms with Gasteiger partial charge in [0, 0.05) is 37.3 Å². The summed E-state index contributed by atoms with van der Waals surface area (Å²) < 4.78 is 29.1. The summed E-state index contributed by atoms with van der Waals surface area (Å²) in [6, 6.07) is 3.64. The summed E-state index contributed by atoms with van der Waals surface area (Å²) in [5.41, 5.74) is 0.810. The molecule has 2 heterocycles. The number of pyridine rings is 1. The SMILES string of the molecule is CCOc1ncccc1CNC(=O)C1CCN(S(N)(=O)=O)CC1. The van der Waals surface area contributed by atoms with Gasteiger partial charge in [-0.3, -0.25) is 4.79 Å². The summed E-state index contributed by atoms with van der Waals surface area (Å²) in [6.07, 6.45) is 2.57. The van der Waals surface area contributed by atoms with Gasteiger partial charge in [-0.05, 0) is 25.8 Å². The fourth-order valence-electron chi connectivity index (χ4n) is 2.52. The highest BCUT2D eigenvalue weighted by Crippen LogP contribution is 2.19. The van der Waals surface area contributed by atoms with E-state index in [4.69, 9.17) is 9.88 Å². The Bertz CT molecular complexity index is 642. The van der Waals surface area contributed by atoms with Crippen molar-refractivity contribution in [3.63, 3.8) is 0 Å². The van der Waals surface area contributed by atoms with E-state index in [2.05, 4.69) is 10.3 Å². The Morgan fingerprint density at radius 3 is 2.78 bits per heavy atom. The van der Waals surface area contributed by atoms with E-state index in [9.17, 15) is 13.2 Å². The molecular formula is C14H22N4O4S. The van der Waals surface area contributed by atoms with Crippen LogP contribution in [0.3, 0.4) is 0 Å². The summed E-state index contributed by atoms with van der Waals surface area (Å²) in [7, 11) is -3.67. The van der Waals surface area contributed by atoms with Crippen LogP contribution < -0.4 is 15.2 Å². The van der Waals surface area contributed by atoms with Crippen molar-refractivity contribution in [1.82, 2.24) is 14.6 Å². The number of carbonyl (C=O) groups excluding carboxylic acids is 1. The van der Waals surface area contributed by atoms with Gasteiger partial charge in [0.1, 0.15) is 0 Å². The molecule has 9 heteroatoms. The topological polar surface area (TPSA) is 115 Å². The van der Waals surface area contributed by atoms with Crippen LogP contribution in [-0.2, 0) is 21.5 Å². The number of carbonyl (C=O) groups is 1. The second kappa shape index (κ2) is 7.71. The van der Waals surface area contributed by atoms with Crippen LogP contribution in [0.25, 0.3) is 0 Å². The standard InChI is InChI=1S/C14H22N4O4S/c1-2-22-14-12(4-3-7-16-14)10-17-13(19)11-5-8-18(9-6-11)23(15,20)21/h3-4,7,11H,2,5-6,8-10H2,1H3,(H,17,19)(H2,15,20,21). The maximum absolute atomic E-state index is 12.2. The zero-order valence-corrected chi connectivity index (χ0v) is 13.9. The number of hydrogen-bond acceptors (Lipinski definition) is 5. The molecule has 1 amide bonds. The van der Waals surface area contributed by atoms with Gasteiger partial charge in [-0.1, -0.05) is 6.07 Å². The highest BCUT2D eigenvalue weighted by Gasteiger charge is 2.29. The molecule has 1 aromatic heterocycles. The second-order valence-electron chi connectivity index (χ2n) is 5.34. The van der Waals surface area contributed by atoms with Gasteiger partial charge in [-0.2, -0.15) is 12.7 Å². The summed E-state index contributed by atoms with van der Waals surface area (Å²) in [5.74, 6) is 0.213. The molecule has 1 aliphatic heterocycles. The molecule has 0 aromatic carbocycles. The summed E-state index contributed by atoms with van der Waals surface area (Å²) >= 11 is 0. The second-order valence-corrected chi connectivity index (χ2v) is 6.88. The summed E-state index contributed by atoms with van der Waals surface area (Å²) in [4.78, 5) is 16.4. The first-order chi connectivity index (χ1) is 10.9. The third kappa shape index (κ3) is 4.88. The lowest BCUT2D eigenvalue weighted by molar-refractivity contribution is -0.126. The number of hydrogen-bond donors (Lipinski definition) is 2. The molecule has 128 valence electrons. The largest absolute Gasteiger partial charge is 0.478 e. The van der Waals surface area contributed by atoms with E-state index in [1.807, 2.05) is 13.0 Å². The number of nitrogens with zero attached hydrogens (tertiary/aromatic N) is 2. The lowest BCUT2D eigenvalue weighted by atomic mass is 9.97. The van der Waals surface area contributed by atoms with Gasteiger partial charge in [0.15, 0.2) is 0 Å². The van der Waals surface area contributed by atoms with Gasteiger partial charge in [-0.25, -0.2) is 10.1 Å². The molecule has 0 spiro atoms. The minimum Gasteiger partial charge on any atom is -0.478 e. The molecule has 1 aromatic rings. The van der Waals surface area contributed by atoms with Gasteiger partial charge in [0.25, 0.3) is 10.2 Å². The fraction of sp³-hybridized carbons (Fsp3) is 0.571. The smallest absolute Gasteiger partial charge is 0.276 e. The molecule has 0 radical (unpaired) electrons. The average Bonchev–Trinajstić information content (AvgIpc) is 2.53. The number of piperidine rings is 1. The summed E-state index contributed by atoms with van der Waals surface area (Å²) in [6.45, 7) is 3.25. The van der Waals surface area contributed by atoms with E-state index < -0.39 is 10.2 Å². The molecule has 0 bridgehead atoms. The van der Waals surface area contributed by atoms with Crippen LogP contribution in [-0.4, -0.2) is 43.3 Å². The average molecular weight is 342 g/mol. The first-order valence-electron chi connectivity index (χ1n) is 7.54. The fourth-order valence-corrected chi connectivity index (χ4v) is 3.24. The van der Waals surface area contributed by atoms with E-state index in [1.54, 1.807) is 12.3 Å². The molecule has 1 aliphatic rings. The first kappa shape index (κ1) is 17.6. The van der Waals surface area contributed by atoms with Crippen LogP contribution in [0, 0.1) is 5.92 Å². The van der Waals surface area contributed by atoms with Crippen LogP contribution in [0.5, 0.6) is 5.88 Å². The highest BCUT2D eigenvalue weighted by atomic mass is 32.2. The Morgan fingerprint density at radius 2 is 2.17 bits per heavy atom. The van der Waals surface area contributed by atoms with Crippen LogP contribution in [0.1, 0.15) is 25.3 Å². The number of aromatic nitrogens is 1. The van der Waals surface area contributed by atoms with E-state index in [0.29, 0.717) is 31.9 Å². The quantitative estimate of drug-likeness (QED) is 0.756. The predicted molar refractivity (Wildman–Crippen MR) is 84.7 cm³/mol. The van der Waals surface area contributed by atoms with E-state index in [0.717, 1.165) is 5.56 Å². The van der Waals surface area contributed by atoms with Gasteiger partial charge >= 0.3 is 0 Å². The number of nitrogens with one attached hydrogen (secondary N) is 1. The van der Waals surface area contributed by atoms with Crippen molar-refractivity contribution in [3.05, 3.63) is 23.9 Å². The molecular weight excluding hydrogens is 320 g/mol. The Labute approximate surface area is 136 Å². The van der Waals surface area contributed by atoms with Gasteiger partial charge in [-0.15, -0.1) is 0 Å². The third-order valence-corrected chi connectivity index (χ3v) is 4.85. The Hall–Kier alpha value is -1.71. The molecule has 0 saturated carbocycles. The molecule has 3 N–H and O–H groups in total. The van der Waals surface area contributed by atoms with Gasteiger partial charge in [0.05, 0.1) is 6.61 Å². The Balaban J connectivity index is 1.87. The minimum atomic E-state index is -3.67. The lowest BCUT2D eigenvalue weighted by Gasteiger charge is -2.29. The molecule has 2 rings (SSSR count). The van der Waals surface area contributed by atoms with Crippen LogP contribution in [0.2, 0.25) is 0 Å². The monoisotopic (exact) mass is 342 g/mol. The van der Waals surface area contributed by atoms with Crippen molar-refractivity contribution < 1.29 is 17.9 Å². The van der Waals surface area contributed by atoms with Crippen molar-refractivity contribution >= 4 is 16.1 Å².